The van der Waals surface area contributed by atoms with Crippen LogP contribution >= 0.6 is 11.8 Å². The van der Waals surface area contributed by atoms with Gasteiger partial charge in [-0.05, 0) is 17.9 Å². The van der Waals surface area contributed by atoms with E-state index in [0.717, 1.165) is 24.5 Å². The summed E-state index contributed by atoms with van der Waals surface area (Å²) >= 11 is 1.98. The summed E-state index contributed by atoms with van der Waals surface area (Å²) in [6.07, 6.45) is 0. The van der Waals surface area contributed by atoms with E-state index in [1.54, 1.807) is 0 Å². The zero-order valence-electron chi connectivity index (χ0n) is 12.1. The molecule has 1 N–H and O–H groups in total. The lowest BCUT2D eigenvalue weighted by Gasteiger charge is -2.33. The number of H-pyrrole nitrogens is 1. The van der Waals surface area contributed by atoms with Gasteiger partial charge in [-0.25, -0.2) is 0 Å². The Bertz CT molecular complexity index is 442. The molecule has 2 heterocycles. The van der Waals surface area contributed by atoms with Gasteiger partial charge in [0.25, 0.3) is 5.91 Å². The number of hydrogen-bond acceptors (Lipinski definition) is 3. The van der Waals surface area contributed by atoms with Crippen molar-refractivity contribution in [1.82, 2.24) is 15.1 Å². The molecule has 106 valence electrons. The average Bonchev–Trinajstić information content (AvgIpc) is 2.87. The molecule has 1 aliphatic heterocycles. The molecular formula is C14H23N3OS. The van der Waals surface area contributed by atoms with Crippen molar-refractivity contribution in [2.45, 2.75) is 38.9 Å². The van der Waals surface area contributed by atoms with Gasteiger partial charge in [0, 0.05) is 29.8 Å². The van der Waals surface area contributed by atoms with E-state index in [2.05, 4.69) is 37.9 Å². The summed E-state index contributed by atoms with van der Waals surface area (Å²) in [7, 11) is 0. The van der Waals surface area contributed by atoms with Crippen molar-refractivity contribution in [3.8, 4) is 0 Å². The van der Waals surface area contributed by atoms with Crippen LogP contribution in [0, 0.1) is 5.92 Å². The number of nitrogens with one attached hydrogen (secondary N) is 1. The van der Waals surface area contributed by atoms with Crippen LogP contribution in [0.4, 0.5) is 0 Å². The molecule has 1 amide bonds. The molecule has 1 atom stereocenters. The van der Waals surface area contributed by atoms with E-state index in [1.807, 2.05) is 22.7 Å². The normalized spacial score (nSPS) is 20.3. The summed E-state index contributed by atoms with van der Waals surface area (Å²) in [5.74, 6) is 2.06. The van der Waals surface area contributed by atoms with E-state index >= 15 is 0 Å². The van der Waals surface area contributed by atoms with Crippen LogP contribution in [-0.2, 0) is 0 Å². The molecule has 0 bridgehead atoms. The van der Waals surface area contributed by atoms with Gasteiger partial charge in [0.05, 0.1) is 0 Å². The number of nitrogens with zero attached hydrogens (tertiary/aromatic N) is 2. The molecule has 2 rings (SSSR count). The first kappa shape index (κ1) is 14.4. The van der Waals surface area contributed by atoms with E-state index in [-0.39, 0.29) is 5.91 Å². The minimum atomic E-state index is 0.0640. The Morgan fingerprint density at radius 3 is 2.79 bits per heavy atom. The SMILES string of the molecule is CC(C)c1cc(C(=O)N2CCSC(C(C)C)C2)n[nH]1. The van der Waals surface area contributed by atoms with Crippen LogP contribution in [0.25, 0.3) is 0 Å². The minimum Gasteiger partial charge on any atom is -0.335 e. The van der Waals surface area contributed by atoms with E-state index in [0.29, 0.717) is 22.8 Å². The number of rotatable bonds is 3. The topological polar surface area (TPSA) is 49.0 Å². The first-order valence-corrected chi connectivity index (χ1v) is 8.00. The molecule has 1 fully saturated rings. The summed E-state index contributed by atoms with van der Waals surface area (Å²) < 4.78 is 0. The predicted octanol–water partition coefficient (Wildman–Crippen LogP) is 2.75. The van der Waals surface area contributed by atoms with Crippen molar-refractivity contribution in [2.75, 3.05) is 18.8 Å². The van der Waals surface area contributed by atoms with Gasteiger partial charge in [0.2, 0.25) is 0 Å². The first-order valence-electron chi connectivity index (χ1n) is 6.95. The second-order valence-corrected chi connectivity index (χ2v) is 7.11. The highest BCUT2D eigenvalue weighted by molar-refractivity contribution is 8.00. The fourth-order valence-electron chi connectivity index (χ4n) is 2.17. The molecule has 1 aromatic heterocycles. The second-order valence-electron chi connectivity index (χ2n) is 5.77. The minimum absolute atomic E-state index is 0.0640. The van der Waals surface area contributed by atoms with Crippen LogP contribution in [0.2, 0.25) is 0 Å². The van der Waals surface area contributed by atoms with E-state index in [9.17, 15) is 4.79 Å². The molecule has 0 aromatic carbocycles. The number of thioether (sulfide) groups is 1. The van der Waals surface area contributed by atoms with Crippen LogP contribution in [-0.4, -0.2) is 45.1 Å². The molecule has 0 spiro atoms. The fourth-order valence-corrected chi connectivity index (χ4v) is 3.47. The first-order chi connectivity index (χ1) is 8.99. The maximum absolute atomic E-state index is 12.4. The van der Waals surface area contributed by atoms with Gasteiger partial charge in [0.15, 0.2) is 0 Å². The molecule has 5 heteroatoms. The van der Waals surface area contributed by atoms with Crippen LogP contribution in [0.3, 0.4) is 0 Å². The Kier molecular flexibility index (Phi) is 4.55. The van der Waals surface area contributed by atoms with Crippen LogP contribution < -0.4 is 0 Å². The fraction of sp³-hybridized carbons (Fsp3) is 0.714. The summed E-state index contributed by atoms with van der Waals surface area (Å²) in [4.78, 5) is 14.4. The molecule has 0 saturated carbocycles. The number of aromatic amines is 1. The molecule has 1 unspecified atom stereocenters. The van der Waals surface area contributed by atoms with Crippen molar-refractivity contribution in [2.24, 2.45) is 5.92 Å². The molecular weight excluding hydrogens is 258 g/mol. The number of hydrogen-bond donors (Lipinski definition) is 1. The highest BCUT2D eigenvalue weighted by Crippen LogP contribution is 2.25. The van der Waals surface area contributed by atoms with Crippen LogP contribution in [0.5, 0.6) is 0 Å². The van der Waals surface area contributed by atoms with Crippen molar-refractivity contribution in [3.63, 3.8) is 0 Å². The van der Waals surface area contributed by atoms with Crippen molar-refractivity contribution in [3.05, 3.63) is 17.5 Å². The quantitative estimate of drug-likeness (QED) is 0.927. The Balaban J connectivity index is 2.06. The van der Waals surface area contributed by atoms with Gasteiger partial charge in [0.1, 0.15) is 5.69 Å². The summed E-state index contributed by atoms with van der Waals surface area (Å²) in [5.41, 5.74) is 1.58. The number of amides is 1. The summed E-state index contributed by atoms with van der Waals surface area (Å²) in [6, 6.07) is 1.89. The van der Waals surface area contributed by atoms with Crippen molar-refractivity contribution >= 4 is 17.7 Å². The highest BCUT2D eigenvalue weighted by atomic mass is 32.2. The van der Waals surface area contributed by atoms with Crippen LogP contribution in [0.15, 0.2) is 6.07 Å². The van der Waals surface area contributed by atoms with E-state index in [4.69, 9.17) is 0 Å². The molecule has 0 aliphatic carbocycles. The molecule has 1 aromatic rings. The van der Waals surface area contributed by atoms with Gasteiger partial charge >= 0.3 is 0 Å². The van der Waals surface area contributed by atoms with E-state index in [1.165, 1.54) is 0 Å². The van der Waals surface area contributed by atoms with Gasteiger partial charge < -0.3 is 4.90 Å². The number of carbonyl (C=O) groups is 1. The lowest BCUT2D eigenvalue weighted by Crippen LogP contribution is -2.43. The van der Waals surface area contributed by atoms with Crippen molar-refractivity contribution in [1.29, 1.82) is 0 Å². The Morgan fingerprint density at radius 1 is 1.47 bits per heavy atom. The largest absolute Gasteiger partial charge is 0.335 e. The monoisotopic (exact) mass is 281 g/mol. The summed E-state index contributed by atoms with van der Waals surface area (Å²) in [6.45, 7) is 10.3. The maximum atomic E-state index is 12.4. The maximum Gasteiger partial charge on any atom is 0.274 e. The zero-order chi connectivity index (χ0) is 14.0. The molecule has 1 aliphatic rings. The van der Waals surface area contributed by atoms with Crippen LogP contribution in [0.1, 0.15) is 49.8 Å². The molecule has 0 radical (unpaired) electrons. The Morgan fingerprint density at radius 2 is 2.21 bits per heavy atom. The molecule has 1 saturated heterocycles. The standard InChI is InChI=1S/C14H23N3OS/c1-9(2)11-7-12(16-15-11)14(18)17-5-6-19-13(8-17)10(3)4/h7,9-10,13H,5-6,8H2,1-4H3,(H,15,16). The lowest BCUT2D eigenvalue weighted by molar-refractivity contribution is 0.0750. The third kappa shape index (κ3) is 3.32. The third-order valence-electron chi connectivity index (χ3n) is 3.56. The molecule has 19 heavy (non-hydrogen) atoms. The zero-order valence-corrected chi connectivity index (χ0v) is 13.0. The predicted molar refractivity (Wildman–Crippen MR) is 79.7 cm³/mol. The smallest absolute Gasteiger partial charge is 0.274 e. The Hall–Kier alpha value is -0.970. The second kappa shape index (κ2) is 5.99. The van der Waals surface area contributed by atoms with Gasteiger partial charge in [-0.1, -0.05) is 27.7 Å². The number of carbonyl (C=O) groups excluding carboxylic acids is 1. The summed E-state index contributed by atoms with van der Waals surface area (Å²) in [5, 5.41) is 7.66. The third-order valence-corrected chi connectivity index (χ3v) is 5.10. The average molecular weight is 281 g/mol. The molecule has 4 nitrogen and oxygen atoms in total. The Labute approximate surface area is 119 Å². The van der Waals surface area contributed by atoms with E-state index < -0.39 is 0 Å². The van der Waals surface area contributed by atoms with Crippen molar-refractivity contribution < 1.29 is 4.79 Å². The van der Waals surface area contributed by atoms with Gasteiger partial charge in [-0.15, -0.1) is 0 Å². The highest BCUT2D eigenvalue weighted by Gasteiger charge is 2.27. The van der Waals surface area contributed by atoms with Gasteiger partial charge in [-0.2, -0.15) is 16.9 Å². The number of aromatic nitrogens is 2. The van der Waals surface area contributed by atoms with Gasteiger partial charge in [-0.3, -0.25) is 9.89 Å². The lowest BCUT2D eigenvalue weighted by atomic mass is 10.1.